The Balaban J connectivity index is 2.12. The van der Waals surface area contributed by atoms with E-state index in [2.05, 4.69) is 57.3 Å². The van der Waals surface area contributed by atoms with Crippen LogP contribution in [0, 0.1) is 6.92 Å². The molecule has 0 unspecified atom stereocenters. The quantitative estimate of drug-likeness (QED) is 0.496. The van der Waals surface area contributed by atoms with E-state index in [4.69, 9.17) is 0 Å². The number of carbonyl (C=O) groups excluding carboxylic acids is 2. The average molecular weight is 437 g/mol. The van der Waals surface area contributed by atoms with E-state index in [9.17, 15) is 9.59 Å². The molecule has 0 spiro atoms. The van der Waals surface area contributed by atoms with Crippen LogP contribution in [0.3, 0.4) is 0 Å². The molecule has 0 radical (unpaired) electrons. The lowest BCUT2D eigenvalue weighted by molar-refractivity contribution is -0.140. The monoisotopic (exact) mass is 436 g/mol. The smallest absolute Gasteiger partial charge is 0.242 e. The van der Waals surface area contributed by atoms with Gasteiger partial charge in [-0.3, -0.25) is 9.59 Å². The van der Waals surface area contributed by atoms with Crippen LogP contribution in [0.2, 0.25) is 0 Å². The molecule has 2 rings (SSSR count). The summed E-state index contributed by atoms with van der Waals surface area (Å²) in [5, 5.41) is 2.98. The highest BCUT2D eigenvalue weighted by Gasteiger charge is 2.26. The molecule has 1 N–H and O–H groups in total. The summed E-state index contributed by atoms with van der Waals surface area (Å²) >= 11 is 0. The van der Waals surface area contributed by atoms with Gasteiger partial charge in [-0.25, -0.2) is 0 Å². The number of benzene rings is 2. The highest BCUT2D eigenvalue weighted by molar-refractivity contribution is 5.87. The summed E-state index contributed by atoms with van der Waals surface area (Å²) in [4.78, 5) is 27.7. The van der Waals surface area contributed by atoms with Gasteiger partial charge >= 0.3 is 0 Å². The summed E-state index contributed by atoms with van der Waals surface area (Å²) in [6.45, 7) is 13.6. The molecule has 4 heteroatoms. The van der Waals surface area contributed by atoms with Gasteiger partial charge in [0.05, 0.1) is 0 Å². The Kier molecular flexibility index (Phi) is 9.49. The lowest BCUT2D eigenvalue weighted by Crippen LogP contribution is -2.48. The summed E-state index contributed by atoms with van der Waals surface area (Å²) in [5.41, 5.74) is 4.73. The van der Waals surface area contributed by atoms with Crippen molar-refractivity contribution in [2.45, 2.75) is 85.2 Å². The molecular formula is C28H40N2O2. The van der Waals surface area contributed by atoms with Crippen molar-refractivity contribution in [2.24, 2.45) is 0 Å². The molecule has 174 valence electrons. The zero-order valence-corrected chi connectivity index (χ0v) is 20.7. The van der Waals surface area contributed by atoms with Crippen LogP contribution in [0.5, 0.6) is 0 Å². The fourth-order valence-electron chi connectivity index (χ4n) is 3.66. The molecule has 2 amide bonds. The first-order valence-electron chi connectivity index (χ1n) is 11.8. The minimum absolute atomic E-state index is 0.00583. The van der Waals surface area contributed by atoms with E-state index in [0.717, 1.165) is 29.5 Å². The fraction of sp³-hybridized carbons (Fsp3) is 0.500. The van der Waals surface area contributed by atoms with Crippen LogP contribution >= 0.6 is 0 Å². The highest BCUT2D eigenvalue weighted by Crippen LogP contribution is 2.23. The summed E-state index contributed by atoms with van der Waals surface area (Å²) < 4.78 is 0. The molecule has 0 heterocycles. The van der Waals surface area contributed by atoms with Gasteiger partial charge in [0, 0.05) is 19.5 Å². The van der Waals surface area contributed by atoms with Gasteiger partial charge in [0.25, 0.3) is 0 Å². The third-order valence-electron chi connectivity index (χ3n) is 6.05. The molecule has 0 aliphatic heterocycles. The number of rotatable bonds is 10. The van der Waals surface area contributed by atoms with Gasteiger partial charge in [0.1, 0.15) is 6.04 Å². The van der Waals surface area contributed by atoms with Crippen LogP contribution in [-0.4, -0.2) is 29.3 Å². The zero-order chi connectivity index (χ0) is 23.7. The van der Waals surface area contributed by atoms with Crippen molar-refractivity contribution in [3.63, 3.8) is 0 Å². The lowest BCUT2D eigenvalue weighted by atomic mass is 9.86. The maximum absolute atomic E-state index is 13.3. The topological polar surface area (TPSA) is 49.4 Å². The second-order valence-corrected chi connectivity index (χ2v) is 9.72. The zero-order valence-electron chi connectivity index (χ0n) is 20.7. The minimum atomic E-state index is -0.512. The predicted octanol–water partition coefficient (Wildman–Crippen LogP) is 5.56. The summed E-state index contributed by atoms with van der Waals surface area (Å²) in [5.74, 6) is -0.0822. The van der Waals surface area contributed by atoms with E-state index >= 15 is 0 Å². The number of unbranched alkanes of at least 4 members (excludes halogenated alkanes) is 1. The van der Waals surface area contributed by atoms with Gasteiger partial charge < -0.3 is 10.2 Å². The molecule has 0 aliphatic rings. The molecule has 0 aromatic heterocycles. The Morgan fingerprint density at radius 3 is 2.28 bits per heavy atom. The Morgan fingerprint density at radius 1 is 1.03 bits per heavy atom. The number of hydrogen-bond acceptors (Lipinski definition) is 2. The van der Waals surface area contributed by atoms with E-state index in [1.807, 2.05) is 38.1 Å². The molecule has 2 aromatic carbocycles. The Morgan fingerprint density at radius 2 is 1.69 bits per heavy atom. The SMILES string of the molecule is CCCCNC(=O)[C@H](C)N(Cc1ccccc1C)C(=O)CCc1ccc(C(C)(C)C)cc1. The van der Waals surface area contributed by atoms with Crippen LogP contribution < -0.4 is 5.32 Å². The fourth-order valence-corrected chi connectivity index (χ4v) is 3.66. The average Bonchev–Trinajstić information content (AvgIpc) is 2.76. The minimum Gasteiger partial charge on any atom is -0.354 e. The molecule has 0 fully saturated rings. The lowest BCUT2D eigenvalue weighted by Gasteiger charge is -2.29. The number of carbonyl (C=O) groups is 2. The third kappa shape index (κ3) is 7.51. The van der Waals surface area contributed by atoms with Crippen LogP contribution in [0.1, 0.15) is 76.1 Å². The van der Waals surface area contributed by atoms with Gasteiger partial charge in [0.15, 0.2) is 0 Å². The van der Waals surface area contributed by atoms with Crippen molar-refractivity contribution < 1.29 is 9.59 Å². The molecular weight excluding hydrogens is 396 g/mol. The number of amides is 2. The van der Waals surface area contributed by atoms with Gasteiger partial charge in [-0.15, -0.1) is 0 Å². The standard InChI is InChI=1S/C28H40N2O2/c1-7-8-19-29-27(32)22(3)30(20-24-12-10-9-11-21(24)2)26(31)18-15-23-13-16-25(17-14-23)28(4,5)6/h9-14,16-17,22H,7-8,15,18-20H2,1-6H3,(H,29,32)/t22-/m0/s1. The van der Waals surface area contributed by atoms with Crippen molar-refractivity contribution in [3.05, 3.63) is 70.8 Å². The Bertz CT molecular complexity index is 881. The third-order valence-corrected chi connectivity index (χ3v) is 6.05. The van der Waals surface area contributed by atoms with Crippen molar-refractivity contribution >= 4 is 11.8 Å². The van der Waals surface area contributed by atoms with Gasteiger partial charge in [-0.2, -0.15) is 0 Å². The maximum atomic E-state index is 13.3. The first-order valence-corrected chi connectivity index (χ1v) is 11.8. The second kappa shape index (κ2) is 11.8. The van der Waals surface area contributed by atoms with E-state index in [1.54, 1.807) is 4.90 Å². The Labute approximate surface area is 194 Å². The number of hydrogen-bond donors (Lipinski definition) is 1. The van der Waals surface area contributed by atoms with E-state index in [1.165, 1.54) is 5.56 Å². The molecule has 0 saturated heterocycles. The second-order valence-electron chi connectivity index (χ2n) is 9.72. The van der Waals surface area contributed by atoms with Gasteiger partial charge in [-0.1, -0.05) is 82.6 Å². The van der Waals surface area contributed by atoms with E-state index in [0.29, 0.717) is 25.9 Å². The first kappa shape index (κ1) is 25.6. The number of nitrogens with one attached hydrogen (secondary N) is 1. The number of aryl methyl sites for hydroxylation is 2. The van der Waals surface area contributed by atoms with Gasteiger partial charge in [0.2, 0.25) is 11.8 Å². The molecule has 1 atom stereocenters. The largest absolute Gasteiger partial charge is 0.354 e. The van der Waals surface area contributed by atoms with Crippen molar-refractivity contribution in [1.82, 2.24) is 10.2 Å². The predicted molar refractivity (Wildman–Crippen MR) is 133 cm³/mol. The summed E-state index contributed by atoms with van der Waals surface area (Å²) in [6.07, 6.45) is 3.01. The first-order chi connectivity index (χ1) is 15.1. The van der Waals surface area contributed by atoms with Gasteiger partial charge in [-0.05, 0) is 54.4 Å². The highest BCUT2D eigenvalue weighted by atomic mass is 16.2. The summed E-state index contributed by atoms with van der Waals surface area (Å²) in [7, 11) is 0. The molecule has 32 heavy (non-hydrogen) atoms. The summed E-state index contributed by atoms with van der Waals surface area (Å²) in [6, 6.07) is 16.1. The molecule has 0 aliphatic carbocycles. The Hall–Kier alpha value is -2.62. The van der Waals surface area contributed by atoms with Crippen LogP contribution in [0.15, 0.2) is 48.5 Å². The van der Waals surface area contributed by atoms with Crippen LogP contribution in [-0.2, 0) is 28.0 Å². The van der Waals surface area contributed by atoms with E-state index in [-0.39, 0.29) is 17.2 Å². The molecule has 0 saturated carbocycles. The maximum Gasteiger partial charge on any atom is 0.242 e. The molecule has 2 aromatic rings. The van der Waals surface area contributed by atoms with Crippen LogP contribution in [0.4, 0.5) is 0 Å². The van der Waals surface area contributed by atoms with Crippen LogP contribution in [0.25, 0.3) is 0 Å². The molecule has 4 nitrogen and oxygen atoms in total. The molecule has 0 bridgehead atoms. The normalized spacial score (nSPS) is 12.3. The van der Waals surface area contributed by atoms with Crippen molar-refractivity contribution in [1.29, 1.82) is 0 Å². The van der Waals surface area contributed by atoms with Crippen molar-refractivity contribution in [2.75, 3.05) is 6.54 Å². The van der Waals surface area contributed by atoms with Crippen molar-refractivity contribution in [3.8, 4) is 0 Å². The number of nitrogens with zero attached hydrogens (tertiary/aromatic N) is 1. The van der Waals surface area contributed by atoms with E-state index < -0.39 is 6.04 Å².